The summed E-state index contributed by atoms with van der Waals surface area (Å²) in [4.78, 5) is 29.5. The molecule has 0 atom stereocenters. The van der Waals surface area contributed by atoms with Gasteiger partial charge in [-0.05, 0) is 48.9 Å². The van der Waals surface area contributed by atoms with E-state index in [1.54, 1.807) is 25.3 Å². The molecule has 0 bridgehead atoms. The maximum absolute atomic E-state index is 12.7. The molecule has 0 aromatic heterocycles. The van der Waals surface area contributed by atoms with Gasteiger partial charge in [0.25, 0.3) is 0 Å². The third kappa shape index (κ3) is 5.10. The lowest BCUT2D eigenvalue weighted by Gasteiger charge is -2.24. The molecule has 4 rings (SSSR count). The lowest BCUT2D eigenvalue weighted by atomic mass is 10.1. The molecule has 31 heavy (non-hydrogen) atoms. The maximum atomic E-state index is 12.7. The predicted octanol–water partition coefficient (Wildman–Crippen LogP) is 3.17. The fourth-order valence-electron chi connectivity index (χ4n) is 3.96. The zero-order valence-corrected chi connectivity index (χ0v) is 17.8. The number of Topliss-reactive ketones (excluding diaryl/α,β-unsaturated/α-hetero) is 1. The van der Waals surface area contributed by atoms with Crippen LogP contribution in [0, 0.1) is 0 Å². The molecule has 0 saturated carbocycles. The number of nitrogens with zero attached hydrogens (tertiary/aromatic N) is 2. The van der Waals surface area contributed by atoms with Gasteiger partial charge in [0, 0.05) is 50.3 Å². The molecule has 0 aliphatic carbocycles. The van der Waals surface area contributed by atoms with Crippen molar-refractivity contribution in [3.05, 3.63) is 48.0 Å². The summed E-state index contributed by atoms with van der Waals surface area (Å²) in [5, 5.41) is 0. The van der Waals surface area contributed by atoms with Crippen LogP contribution in [0.5, 0.6) is 17.2 Å². The number of carbonyl (C=O) groups excluding carboxylic acids is 2. The minimum absolute atomic E-state index is 0.0301. The Morgan fingerprint density at radius 3 is 2.45 bits per heavy atom. The molecule has 1 fully saturated rings. The SMILES string of the molecule is COc1ccc(N2CCCN(C(=O)CCC(=O)c3ccc4c(c3)OCCO4)CC2)cc1. The van der Waals surface area contributed by atoms with E-state index in [1.807, 2.05) is 29.2 Å². The van der Waals surface area contributed by atoms with Crippen LogP contribution in [-0.4, -0.2) is 63.1 Å². The van der Waals surface area contributed by atoms with Crippen molar-refractivity contribution >= 4 is 17.4 Å². The summed E-state index contributed by atoms with van der Waals surface area (Å²) in [6.45, 7) is 4.03. The average molecular weight is 424 g/mol. The molecule has 1 amide bonds. The van der Waals surface area contributed by atoms with Crippen molar-refractivity contribution in [1.82, 2.24) is 4.90 Å². The molecule has 2 heterocycles. The van der Waals surface area contributed by atoms with E-state index in [9.17, 15) is 9.59 Å². The van der Waals surface area contributed by atoms with Crippen molar-refractivity contribution in [2.75, 3.05) is 51.4 Å². The van der Waals surface area contributed by atoms with Gasteiger partial charge in [0.05, 0.1) is 7.11 Å². The first-order valence-corrected chi connectivity index (χ1v) is 10.7. The van der Waals surface area contributed by atoms with Gasteiger partial charge in [-0.1, -0.05) is 0 Å². The number of anilines is 1. The molecular formula is C24H28N2O5. The molecule has 2 aliphatic rings. The predicted molar refractivity (Wildman–Crippen MR) is 117 cm³/mol. The Hall–Kier alpha value is -3.22. The van der Waals surface area contributed by atoms with E-state index in [-0.39, 0.29) is 24.5 Å². The van der Waals surface area contributed by atoms with Crippen LogP contribution in [-0.2, 0) is 4.79 Å². The molecule has 7 heteroatoms. The van der Waals surface area contributed by atoms with Crippen LogP contribution in [0.25, 0.3) is 0 Å². The van der Waals surface area contributed by atoms with Crippen LogP contribution in [0.1, 0.15) is 29.6 Å². The Morgan fingerprint density at radius 2 is 1.68 bits per heavy atom. The van der Waals surface area contributed by atoms with Gasteiger partial charge < -0.3 is 24.0 Å². The maximum Gasteiger partial charge on any atom is 0.223 e. The van der Waals surface area contributed by atoms with E-state index >= 15 is 0 Å². The van der Waals surface area contributed by atoms with Crippen molar-refractivity contribution in [1.29, 1.82) is 0 Å². The van der Waals surface area contributed by atoms with E-state index in [2.05, 4.69) is 4.90 Å². The number of hydrogen-bond acceptors (Lipinski definition) is 6. The molecule has 0 radical (unpaired) electrons. The van der Waals surface area contributed by atoms with E-state index in [4.69, 9.17) is 14.2 Å². The van der Waals surface area contributed by atoms with E-state index < -0.39 is 0 Å². The van der Waals surface area contributed by atoms with Gasteiger partial charge in [-0.3, -0.25) is 9.59 Å². The number of methoxy groups -OCH3 is 1. The van der Waals surface area contributed by atoms with Crippen LogP contribution in [0.2, 0.25) is 0 Å². The highest BCUT2D eigenvalue weighted by atomic mass is 16.6. The number of hydrogen-bond donors (Lipinski definition) is 0. The minimum atomic E-state index is -0.0556. The Kier molecular flexibility index (Phi) is 6.60. The van der Waals surface area contributed by atoms with Gasteiger partial charge in [-0.15, -0.1) is 0 Å². The molecule has 0 N–H and O–H groups in total. The first kappa shape index (κ1) is 21.0. The summed E-state index contributed by atoms with van der Waals surface area (Å²) in [6, 6.07) is 13.2. The monoisotopic (exact) mass is 424 g/mol. The number of ether oxygens (including phenoxy) is 3. The Labute approximate surface area is 182 Å². The lowest BCUT2D eigenvalue weighted by Crippen LogP contribution is -2.35. The molecule has 0 spiro atoms. The molecule has 2 aromatic rings. The highest BCUT2D eigenvalue weighted by Gasteiger charge is 2.21. The average Bonchev–Trinajstić information content (AvgIpc) is 3.08. The van der Waals surface area contributed by atoms with Gasteiger partial charge in [0.15, 0.2) is 17.3 Å². The third-order valence-corrected chi connectivity index (χ3v) is 5.72. The molecule has 2 aliphatic heterocycles. The topological polar surface area (TPSA) is 68.3 Å². The van der Waals surface area contributed by atoms with Gasteiger partial charge >= 0.3 is 0 Å². The second-order valence-corrected chi connectivity index (χ2v) is 7.70. The van der Waals surface area contributed by atoms with Gasteiger partial charge in [0.2, 0.25) is 5.91 Å². The summed E-state index contributed by atoms with van der Waals surface area (Å²) in [7, 11) is 1.66. The summed E-state index contributed by atoms with van der Waals surface area (Å²) in [5.41, 5.74) is 1.68. The summed E-state index contributed by atoms with van der Waals surface area (Å²) < 4.78 is 16.3. The number of ketones is 1. The minimum Gasteiger partial charge on any atom is -0.497 e. The highest BCUT2D eigenvalue weighted by molar-refractivity contribution is 5.98. The Balaban J connectivity index is 1.29. The number of amides is 1. The van der Waals surface area contributed by atoms with Crippen molar-refractivity contribution in [2.24, 2.45) is 0 Å². The van der Waals surface area contributed by atoms with Gasteiger partial charge in [0.1, 0.15) is 19.0 Å². The normalized spacial score (nSPS) is 15.9. The van der Waals surface area contributed by atoms with Crippen LogP contribution < -0.4 is 19.1 Å². The number of carbonyl (C=O) groups is 2. The molecule has 7 nitrogen and oxygen atoms in total. The second-order valence-electron chi connectivity index (χ2n) is 7.70. The smallest absolute Gasteiger partial charge is 0.223 e. The number of fused-ring (bicyclic) bond motifs is 1. The van der Waals surface area contributed by atoms with Crippen molar-refractivity contribution in [2.45, 2.75) is 19.3 Å². The molecular weight excluding hydrogens is 396 g/mol. The molecule has 164 valence electrons. The van der Waals surface area contributed by atoms with Crippen LogP contribution in [0.3, 0.4) is 0 Å². The van der Waals surface area contributed by atoms with Crippen molar-refractivity contribution in [3.8, 4) is 17.2 Å². The van der Waals surface area contributed by atoms with Crippen molar-refractivity contribution in [3.63, 3.8) is 0 Å². The Morgan fingerprint density at radius 1 is 0.903 bits per heavy atom. The zero-order chi connectivity index (χ0) is 21.6. The second kappa shape index (κ2) is 9.73. The fourth-order valence-corrected chi connectivity index (χ4v) is 3.96. The van der Waals surface area contributed by atoms with E-state index in [0.29, 0.717) is 43.4 Å². The van der Waals surface area contributed by atoms with Gasteiger partial charge in [-0.25, -0.2) is 0 Å². The lowest BCUT2D eigenvalue weighted by molar-refractivity contribution is -0.130. The first-order chi connectivity index (χ1) is 15.1. The number of rotatable bonds is 6. The highest BCUT2D eigenvalue weighted by Crippen LogP contribution is 2.31. The van der Waals surface area contributed by atoms with Crippen LogP contribution in [0.15, 0.2) is 42.5 Å². The number of benzene rings is 2. The van der Waals surface area contributed by atoms with Gasteiger partial charge in [-0.2, -0.15) is 0 Å². The largest absolute Gasteiger partial charge is 0.497 e. The van der Waals surface area contributed by atoms with E-state index in [0.717, 1.165) is 30.9 Å². The quantitative estimate of drug-likeness (QED) is 0.664. The fraction of sp³-hybridized carbons (Fsp3) is 0.417. The van der Waals surface area contributed by atoms with Crippen LogP contribution >= 0.6 is 0 Å². The van der Waals surface area contributed by atoms with E-state index in [1.165, 1.54) is 0 Å². The van der Waals surface area contributed by atoms with Crippen molar-refractivity contribution < 1.29 is 23.8 Å². The summed E-state index contributed by atoms with van der Waals surface area (Å²) in [6.07, 6.45) is 1.31. The molecule has 0 unspecified atom stereocenters. The van der Waals surface area contributed by atoms with Crippen LogP contribution in [0.4, 0.5) is 5.69 Å². The standard InChI is InChI=1S/C24H28N2O5/c1-29-20-6-4-19(5-7-20)25-11-2-12-26(14-13-25)24(28)10-8-21(27)18-3-9-22-23(17-18)31-16-15-30-22/h3-7,9,17H,2,8,10-16H2,1H3. The molecule has 1 saturated heterocycles. The summed E-state index contributed by atoms with van der Waals surface area (Å²) in [5.74, 6) is 2.06. The zero-order valence-electron chi connectivity index (χ0n) is 17.8. The summed E-state index contributed by atoms with van der Waals surface area (Å²) >= 11 is 0. The third-order valence-electron chi connectivity index (χ3n) is 5.72. The Bertz CT molecular complexity index is 928. The molecule has 2 aromatic carbocycles. The first-order valence-electron chi connectivity index (χ1n) is 10.7.